The lowest BCUT2D eigenvalue weighted by molar-refractivity contribution is 0.0758. The van der Waals surface area contributed by atoms with Crippen LogP contribution in [0.5, 0.6) is 5.88 Å². The van der Waals surface area contributed by atoms with E-state index in [2.05, 4.69) is 35.9 Å². The van der Waals surface area contributed by atoms with E-state index >= 15 is 0 Å². The van der Waals surface area contributed by atoms with Crippen molar-refractivity contribution in [3.8, 4) is 28.7 Å². The van der Waals surface area contributed by atoms with E-state index in [1.807, 2.05) is 32.9 Å². The molecule has 1 unspecified atom stereocenters. The minimum Gasteiger partial charge on any atom is -0.474 e. The number of benzene rings is 1. The molecule has 3 heterocycles. The highest BCUT2D eigenvalue weighted by Crippen LogP contribution is 2.44. The Morgan fingerprint density at radius 3 is 2.68 bits per heavy atom. The Labute approximate surface area is 203 Å². The van der Waals surface area contributed by atoms with E-state index in [0.29, 0.717) is 41.1 Å². The van der Waals surface area contributed by atoms with E-state index in [-0.39, 0.29) is 17.6 Å². The Kier molecular flexibility index (Phi) is 6.29. The van der Waals surface area contributed by atoms with Gasteiger partial charge in [-0.25, -0.2) is 9.78 Å². The van der Waals surface area contributed by atoms with E-state index < -0.39 is 6.09 Å². The second-order valence-electron chi connectivity index (χ2n) is 9.90. The fourth-order valence-electron chi connectivity index (χ4n) is 4.58. The van der Waals surface area contributed by atoms with E-state index in [9.17, 15) is 9.90 Å². The molecule has 8 nitrogen and oxygen atoms in total. The molecule has 1 aliphatic rings. The van der Waals surface area contributed by atoms with Gasteiger partial charge in [-0.15, -0.1) is 0 Å². The van der Waals surface area contributed by atoms with Crippen LogP contribution in [0.3, 0.4) is 0 Å². The molecule has 180 valence electrons. The second kappa shape index (κ2) is 8.91. The highest BCUT2D eigenvalue weighted by molar-refractivity contribution is 6.32. The smallest absolute Gasteiger partial charge is 0.407 e. The minimum absolute atomic E-state index is 0.0432. The molecule has 1 amide bonds. The molecule has 9 heteroatoms. The van der Waals surface area contributed by atoms with Crippen molar-refractivity contribution in [3.63, 3.8) is 0 Å². The summed E-state index contributed by atoms with van der Waals surface area (Å²) in [6, 6.07) is 5.40. The van der Waals surface area contributed by atoms with Gasteiger partial charge in [0.05, 0.1) is 17.7 Å². The van der Waals surface area contributed by atoms with Gasteiger partial charge in [-0.05, 0) is 55.4 Å². The van der Waals surface area contributed by atoms with Gasteiger partial charge in [0.15, 0.2) is 0 Å². The first-order valence-electron chi connectivity index (χ1n) is 11.3. The summed E-state index contributed by atoms with van der Waals surface area (Å²) in [4.78, 5) is 22.3. The summed E-state index contributed by atoms with van der Waals surface area (Å²) in [6.07, 6.45) is 1.29. The average molecular weight is 485 g/mol. The van der Waals surface area contributed by atoms with Crippen LogP contribution in [0.15, 0.2) is 28.9 Å². The lowest BCUT2D eigenvalue weighted by Gasteiger charge is -2.43. The number of hydrogen-bond donors (Lipinski definition) is 1. The van der Waals surface area contributed by atoms with Crippen molar-refractivity contribution in [1.82, 2.24) is 20.0 Å². The fourth-order valence-corrected chi connectivity index (χ4v) is 4.79. The number of nitrogens with zero attached hydrogens (tertiary/aromatic N) is 4. The Balaban J connectivity index is 1.69. The quantitative estimate of drug-likeness (QED) is 0.472. The van der Waals surface area contributed by atoms with Crippen LogP contribution in [0, 0.1) is 12.3 Å². The standard InChI is InChI=1S/C25H29ClN4O4/c1-13(2)33-23-19(26)11-15(12-27-23)22-28-21(29-34-22)17-7-8-18-16(14(17)3)9-10-30(24(31)32)20(18)25(4,5)6/h7-8,11-13,20H,9-10H2,1-6H3,(H,31,32). The summed E-state index contributed by atoms with van der Waals surface area (Å²) in [5.41, 5.74) is 4.40. The van der Waals surface area contributed by atoms with Crippen LogP contribution >= 0.6 is 11.6 Å². The zero-order chi connectivity index (χ0) is 24.8. The number of fused-ring (bicyclic) bond motifs is 1. The Morgan fingerprint density at radius 1 is 1.32 bits per heavy atom. The number of rotatable bonds is 4. The van der Waals surface area contributed by atoms with Gasteiger partial charge in [-0.2, -0.15) is 4.98 Å². The van der Waals surface area contributed by atoms with E-state index in [1.165, 1.54) is 4.90 Å². The molecule has 34 heavy (non-hydrogen) atoms. The average Bonchev–Trinajstić information content (AvgIpc) is 3.23. The molecule has 4 rings (SSSR count). The molecule has 0 saturated heterocycles. The van der Waals surface area contributed by atoms with Gasteiger partial charge in [-0.1, -0.05) is 49.7 Å². The highest BCUT2D eigenvalue weighted by Gasteiger charge is 2.39. The highest BCUT2D eigenvalue weighted by atomic mass is 35.5. The number of carboxylic acid groups (broad SMARTS) is 1. The van der Waals surface area contributed by atoms with Crippen LogP contribution in [0.4, 0.5) is 4.79 Å². The molecular formula is C25H29ClN4O4. The third-order valence-electron chi connectivity index (χ3n) is 5.98. The molecule has 2 aromatic heterocycles. The maximum absolute atomic E-state index is 11.9. The summed E-state index contributed by atoms with van der Waals surface area (Å²) in [6.45, 7) is 12.5. The molecule has 3 aromatic rings. The van der Waals surface area contributed by atoms with E-state index in [1.54, 1.807) is 12.3 Å². The van der Waals surface area contributed by atoms with Gasteiger partial charge in [0, 0.05) is 18.3 Å². The zero-order valence-electron chi connectivity index (χ0n) is 20.2. The van der Waals surface area contributed by atoms with Gasteiger partial charge < -0.3 is 19.3 Å². The summed E-state index contributed by atoms with van der Waals surface area (Å²) in [7, 11) is 0. The van der Waals surface area contributed by atoms with Crippen LogP contribution < -0.4 is 4.74 Å². The summed E-state index contributed by atoms with van der Waals surface area (Å²) < 4.78 is 11.1. The van der Waals surface area contributed by atoms with E-state index in [0.717, 1.165) is 22.3 Å². The predicted octanol–water partition coefficient (Wildman–Crippen LogP) is 6.17. The van der Waals surface area contributed by atoms with Crippen molar-refractivity contribution in [2.75, 3.05) is 6.54 Å². The molecule has 1 aliphatic heterocycles. The number of hydrogen-bond acceptors (Lipinski definition) is 6. The first-order valence-corrected chi connectivity index (χ1v) is 11.6. The van der Waals surface area contributed by atoms with Gasteiger partial charge in [0.25, 0.3) is 5.89 Å². The second-order valence-corrected chi connectivity index (χ2v) is 10.3. The van der Waals surface area contributed by atoms with Crippen molar-refractivity contribution in [2.45, 2.75) is 60.1 Å². The van der Waals surface area contributed by atoms with Crippen LogP contribution in [0.25, 0.3) is 22.8 Å². The Hall–Kier alpha value is -3.13. The molecule has 0 spiro atoms. The summed E-state index contributed by atoms with van der Waals surface area (Å²) in [5.74, 6) is 1.12. The van der Waals surface area contributed by atoms with Crippen LogP contribution in [0.2, 0.25) is 5.02 Å². The lowest BCUT2D eigenvalue weighted by atomic mass is 9.75. The number of halogens is 1. The molecule has 0 bridgehead atoms. The largest absolute Gasteiger partial charge is 0.474 e. The molecular weight excluding hydrogens is 456 g/mol. The number of carbonyl (C=O) groups is 1. The maximum atomic E-state index is 11.9. The van der Waals surface area contributed by atoms with Gasteiger partial charge in [0.2, 0.25) is 11.7 Å². The van der Waals surface area contributed by atoms with Gasteiger partial charge in [-0.3, -0.25) is 0 Å². The summed E-state index contributed by atoms with van der Waals surface area (Å²) >= 11 is 6.31. The van der Waals surface area contributed by atoms with Crippen molar-refractivity contribution in [1.29, 1.82) is 0 Å². The molecule has 0 aliphatic carbocycles. The van der Waals surface area contributed by atoms with Crippen molar-refractivity contribution in [2.24, 2.45) is 5.41 Å². The molecule has 1 N–H and O–H groups in total. The van der Waals surface area contributed by atoms with Gasteiger partial charge >= 0.3 is 6.09 Å². The third kappa shape index (κ3) is 4.46. The van der Waals surface area contributed by atoms with Crippen LogP contribution in [-0.2, 0) is 6.42 Å². The minimum atomic E-state index is -0.896. The van der Waals surface area contributed by atoms with Crippen molar-refractivity contribution >= 4 is 17.7 Å². The third-order valence-corrected chi connectivity index (χ3v) is 6.25. The van der Waals surface area contributed by atoms with Crippen molar-refractivity contribution < 1.29 is 19.2 Å². The van der Waals surface area contributed by atoms with Crippen LogP contribution in [-0.4, -0.2) is 43.9 Å². The molecule has 0 fully saturated rings. The molecule has 0 saturated carbocycles. The van der Waals surface area contributed by atoms with Gasteiger partial charge in [0.1, 0.15) is 5.02 Å². The Bertz CT molecular complexity index is 1230. The topological polar surface area (TPSA) is 102 Å². The summed E-state index contributed by atoms with van der Waals surface area (Å²) in [5, 5.41) is 14.3. The predicted molar refractivity (Wildman–Crippen MR) is 129 cm³/mol. The maximum Gasteiger partial charge on any atom is 0.407 e. The zero-order valence-corrected chi connectivity index (χ0v) is 21.0. The Morgan fingerprint density at radius 2 is 2.06 bits per heavy atom. The van der Waals surface area contributed by atoms with Crippen molar-refractivity contribution in [3.05, 3.63) is 46.1 Å². The normalized spacial score (nSPS) is 16.0. The number of ether oxygens (including phenoxy) is 1. The first-order chi connectivity index (χ1) is 16.0. The molecule has 1 aromatic carbocycles. The van der Waals surface area contributed by atoms with Crippen LogP contribution in [0.1, 0.15) is 57.4 Å². The number of aromatic nitrogens is 3. The molecule has 1 atom stereocenters. The first kappa shape index (κ1) is 24.0. The number of amides is 1. The number of pyridine rings is 1. The lowest BCUT2D eigenvalue weighted by Crippen LogP contribution is -2.44. The monoisotopic (exact) mass is 484 g/mol. The van der Waals surface area contributed by atoms with E-state index in [4.69, 9.17) is 20.9 Å². The fraction of sp³-hybridized carbons (Fsp3) is 0.440. The SMILES string of the molecule is Cc1c(-c2noc(-c3cnc(OC(C)C)c(Cl)c3)n2)ccc2c1CCN(C(=O)O)C2C(C)(C)C. The molecule has 0 radical (unpaired) electrons.